The maximum atomic E-state index is 13.0. The van der Waals surface area contributed by atoms with E-state index in [1.807, 2.05) is 24.3 Å². The molecular formula is C22H30N2O4S. The molecule has 0 atom stereocenters. The van der Waals surface area contributed by atoms with Gasteiger partial charge in [0.05, 0.1) is 18.6 Å². The number of nitrogens with one attached hydrogen (secondary N) is 1. The van der Waals surface area contributed by atoms with Gasteiger partial charge in [0.15, 0.2) is 0 Å². The summed E-state index contributed by atoms with van der Waals surface area (Å²) in [6, 6.07) is 12.3. The third-order valence-corrected chi connectivity index (χ3v) is 6.65. The highest BCUT2D eigenvalue weighted by molar-refractivity contribution is 7.89. The maximum absolute atomic E-state index is 13.0. The number of carbonyl (C=O) groups is 1. The molecule has 1 amide bonds. The molecule has 2 aromatic rings. The van der Waals surface area contributed by atoms with Gasteiger partial charge in [0.25, 0.3) is 0 Å². The zero-order valence-electron chi connectivity index (χ0n) is 17.6. The van der Waals surface area contributed by atoms with Gasteiger partial charge in [-0.2, -0.15) is 4.31 Å². The number of hydrogen-bond donors (Lipinski definition) is 1. The normalized spacial score (nSPS) is 11.5. The first kappa shape index (κ1) is 22.9. The minimum Gasteiger partial charge on any atom is -0.496 e. The van der Waals surface area contributed by atoms with Crippen LogP contribution in [0.15, 0.2) is 47.4 Å². The molecule has 2 aromatic carbocycles. The summed E-state index contributed by atoms with van der Waals surface area (Å²) in [4.78, 5) is 12.6. The highest BCUT2D eigenvalue weighted by Crippen LogP contribution is 2.23. The second-order valence-corrected chi connectivity index (χ2v) is 8.85. The number of hydrogen-bond acceptors (Lipinski definition) is 4. The van der Waals surface area contributed by atoms with Crippen molar-refractivity contribution >= 4 is 21.6 Å². The number of nitrogens with zero attached hydrogens (tertiary/aromatic N) is 1. The number of methoxy groups -OCH3 is 1. The molecule has 0 saturated heterocycles. The van der Waals surface area contributed by atoms with Crippen LogP contribution in [0, 0.1) is 6.92 Å². The van der Waals surface area contributed by atoms with E-state index in [0.717, 1.165) is 24.8 Å². The summed E-state index contributed by atoms with van der Waals surface area (Å²) in [6.07, 6.45) is 3.27. The van der Waals surface area contributed by atoms with Crippen LogP contribution >= 0.6 is 0 Å². The van der Waals surface area contributed by atoms with Crippen LogP contribution in [-0.4, -0.2) is 38.8 Å². The van der Waals surface area contributed by atoms with Gasteiger partial charge in [0.2, 0.25) is 15.9 Å². The fourth-order valence-electron chi connectivity index (χ4n) is 3.02. The number of unbranched alkanes of at least 4 members (excludes halogenated alkanes) is 1. The van der Waals surface area contributed by atoms with E-state index in [2.05, 4.69) is 12.2 Å². The van der Waals surface area contributed by atoms with Crippen LogP contribution in [0.2, 0.25) is 0 Å². The van der Waals surface area contributed by atoms with Gasteiger partial charge in [0.1, 0.15) is 5.75 Å². The van der Waals surface area contributed by atoms with Crippen molar-refractivity contribution in [2.75, 3.05) is 25.5 Å². The second-order valence-electron chi connectivity index (χ2n) is 6.91. The van der Waals surface area contributed by atoms with Gasteiger partial charge >= 0.3 is 0 Å². The first-order valence-corrected chi connectivity index (χ1v) is 11.3. The Kier molecular flexibility index (Phi) is 8.22. The Morgan fingerprint density at radius 2 is 1.79 bits per heavy atom. The van der Waals surface area contributed by atoms with E-state index in [9.17, 15) is 13.2 Å². The number of anilines is 1. The summed E-state index contributed by atoms with van der Waals surface area (Å²) in [5.74, 6) is 0.245. The largest absolute Gasteiger partial charge is 0.496 e. The Labute approximate surface area is 173 Å². The molecule has 2 rings (SSSR count). The molecule has 0 bridgehead atoms. The molecule has 0 spiro atoms. The quantitative estimate of drug-likeness (QED) is 0.633. The molecule has 0 saturated carbocycles. The fourth-order valence-corrected chi connectivity index (χ4v) is 4.51. The number of sulfonamides is 1. The Morgan fingerprint density at radius 3 is 2.34 bits per heavy atom. The Hall–Kier alpha value is -2.38. The lowest BCUT2D eigenvalue weighted by Crippen LogP contribution is -2.37. The van der Waals surface area contributed by atoms with E-state index >= 15 is 0 Å². The van der Waals surface area contributed by atoms with Crippen molar-refractivity contribution in [3.63, 3.8) is 0 Å². The average Bonchev–Trinajstić information content (AvgIpc) is 2.71. The van der Waals surface area contributed by atoms with Gasteiger partial charge in [-0.25, -0.2) is 8.42 Å². The predicted octanol–water partition coefficient (Wildman–Crippen LogP) is 4.00. The van der Waals surface area contributed by atoms with E-state index in [1.165, 1.54) is 23.0 Å². The van der Waals surface area contributed by atoms with Gasteiger partial charge in [-0.1, -0.05) is 32.4 Å². The number of ether oxygens (including phenoxy) is 1. The number of carbonyl (C=O) groups excluding carboxylic acids is 1. The summed E-state index contributed by atoms with van der Waals surface area (Å²) in [5, 5.41) is 2.78. The lowest BCUT2D eigenvalue weighted by Gasteiger charge is -2.20. The maximum Gasteiger partial charge on any atom is 0.243 e. The molecule has 0 heterocycles. The summed E-state index contributed by atoms with van der Waals surface area (Å²) >= 11 is 0. The molecule has 0 unspecified atom stereocenters. The van der Waals surface area contributed by atoms with Crippen molar-refractivity contribution in [1.82, 2.24) is 4.31 Å². The fraction of sp³-hybridized carbons (Fsp3) is 0.409. The monoisotopic (exact) mass is 418 g/mol. The molecule has 0 fully saturated rings. The third-order valence-electron chi connectivity index (χ3n) is 4.73. The molecule has 0 radical (unpaired) electrons. The Bertz CT molecular complexity index is 924. The van der Waals surface area contributed by atoms with Crippen molar-refractivity contribution in [2.45, 2.75) is 44.9 Å². The number of rotatable bonds is 10. The minimum absolute atomic E-state index is 0.144. The van der Waals surface area contributed by atoms with E-state index in [0.29, 0.717) is 11.4 Å². The number of amides is 1. The standard InChI is InChI=1S/C22H30N2O4S/c1-5-7-8-18-9-11-19(12-10-18)23-22(25)16-24(6-2)29(26,27)20-13-14-21(28-4)17(3)15-20/h9-15H,5-8,16H2,1-4H3,(H,23,25). The van der Waals surface area contributed by atoms with Crippen LogP contribution in [-0.2, 0) is 21.2 Å². The van der Waals surface area contributed by atoms with Crippen LogP contribution in [0.4, 0.5) is 5.69 Å². The van der Waals surface area contributed by atoms with E-state index in [4.69, 9.17) is 4.74 Å². The average molecular weight is 419 g/mol. The van der Waals surface area contributed by atoms with Crippen molar-refractivity contribution in [1.29, 1.82) is 0 Å². The molecule has 0 aliphatic heterocycles. The second kappa shape index (κ2) is 10.4. The van der Waals surface area contributed by atoms with Crippen molar-refractivity contribution in [2.24, 2.45) is 0 Å². The van der Waals surface area contributed by atoms with Crippen LogP contribution in [0.1, 0.15) is 37.8 Å². The lowest BCUT2D eigenvalue weighted by molar-refractivity contribution is -0.116. The molecule has 0 aliphatic rings. The number of likely N-dealkylation sites (N-methyl/N-ethyl adjacent to an activating group) is 1. The molecule has 158 valence electrons. The topological polar surface area (TPSA) is 75.7 Å². The molecule has 0 aromatic heterocycles. The number of aryl methyl sites for hydroxylation is 2. The van der Waals surface area contributed by atoms with Gasteiger partial charge < -0.3 is 10.1 Å². The Morgan fingerprint density at radius 1 is 1.10 bits per heavy atom. The lowest BCUT2D eigenvalue weighted by atomic mass is 10.1. The molecule has 1 N–H and O–H groups in total. The summed E-state index contributed by atoms with van der Waals surface area (Å²) < 4.78 is 32.3. The first-order chi connectivity index (χ1) is 13.8. The van der Waals surface area contributed by atoms with Crippen LogP contribution < -0.4 is 10.1 Å². The summed E-state index contributed by atoms with van der Waals surface area (Å²) in [7, 11) is -2.25. The summed E-state index contributed by atoms with van der Waals surface area (Å²) in [5.41, 5.74) is 2.60. The van der Waals surface area contributed by atoms with Gasteiger partial charge in [-0.3, -0.25) is 4.79 Å². The van der Waals surface area contributed by atoms with Gasteiger partial charge in [-0.05, 0) is 61.2 Å². The minimum atomic E-state index is -3.79. The van der Waals surface area contributed by atoms with Gasteiger partial charge in [0, 0.05) is 12.2 Å². The molecule has 7 heteroatoms. The van der Waals surface area contributed by atoms with Crippen LogP contribution in [0.3, 0.4) is 0 Å². The zero-order chi connectivity index (χ0) is 21.4. The summed E-state index contributed by atoms with van der Waals surface area (Å²) in [6.45, 7) is 5.59. The first-order valence-electron chi connectivity index (χ1n) is 9.85. The SMILES string of the molecule is CCCCc1ccc(NC(=O)CN(CC)S(=O)(=O)c2ccc(OC)c(C)c2)cc1. The number of benzene rings is 2. The Balaban J connectivity index is 2.07. The molecular weight excluding hydrogens is 388 g/mol. The van der Waals surface area contributed by atoms with Crippen molar-refractivity contribution in [3.05, 3.63) is 53.6 Å². The zero-order valence-corrected chi connectivity index (χ0v) is 18.4. The molecule has 6 nitrogen and oxygen atoms in total. The predicted molar refractivity (Wildman–Crippen MR) is 116 cm³/mol. The van der Waals surface area contributed by atoms with E-state index in [1.54, 1.807) is 26.0 Å². The van der Waals surface area contributed by atoms with E-state index < -0.39 is 10.0 Å². The van der Waals surface area contributed by atoms with Crippen LogP contribution in [0.5, 0.6) is 5.75 Å². The smallest absolute Gasteiger partial charge is 0.243 e. The highest BCUT2D eigenvalue weighted by Gasteiger charge is 2.26. The van der Waals surface area contributed by atoms with Crippen molar-refractivity contribution in [3.8, 4) is 5.75 Å². The van der Waals surface area contributed by atoms with E-state index in [-0.39, 0.29) is 23.9 Å². The highest BCUT2D eigenvalue weighted by atomic mass is 32.2. The molecule has 0 aliphatic carbocycles. The molecule has 29 heavy (non-hydrogen) atoms. The van der Waals surface area contributed by atoms with Crippen LogP contribution in [0.25, 0.3) is 0 Å². The van der Waals surface area contributed by atoms with Gasteiger partial charge in [-0.15, -0.1) is 0 Å². The van der Waals surface area contributed by atoms with Crippen molar-refractivity contribution < 1.29 is 17.9 Å². The third kappa shape index (κ3) is 6.05.